The molecule has 3 aromatic rings. The number of alkyl halides is 3. The number of aryl methyl sites for hydroxylation is 1. The van der Waals surface area contributed by atoms with E-state index in [4.69, 9.17) is 4.74 Å². The van der Waals surface area contributed by atoms with Crippen LogP contribution in [0.15, 0.2) is 48.8 Å². The Morgan fingerprint density at radius 2 is 1.89 bits per heavy atom. The van der Waals surface area contributed by atoms with Gasteiger partial charge in [0.25, 0.3) is 0 Å². The van der Waals surface area contributed by atoms with Crippen LogP contribution in [0.25, 0.3) is 11.1 Å². The summed E-state index contributed by atoms with van der Waals surface area (Å²) in [6.07, 6.45) is 0.548. The van der Waals surface area contributed by atoms with E-state index in [1.54, 1.807) is 18.3 Å². The highest BCUT2D eigenvalue weighted by Crippen LogP contribution is 2.56. The topological polar surface area (TPSA) is 77.0 Å². The molecule has 3 fully saturated rings. The maximum Gasteiger partial charge on any atom is 0.433 e. The largest absolute Gasteiger partial charge is 0.452 e. The fourth-order valence-electron chi connectivity index (χ4n) is 5.34. The number of halogens is 3. The van der Waals surface area contributed by atoms with Crippen molar-refractivity contribution in [2.45, 2.75) is 51.8 Å². The average Bonchev–Trinajstić information content (AvgIpc) is 2.78. The normalized spacial score (nSPS) is 23.1. The molecule has 3 aliphatic rings. The Kier molecular flexibility index (Phi) is 5.34. The van der Waals surface area contributed by atoms with Crippen molar-refractivity contribution in [2.75, 3.05) is 5.32 Å². The molecule has 1 aromatic carbocycles. The van der Waals surface area contributed by atoms with Crippen LogP contribution < -0.4 is 5.32 Å². The number of carbonyl (C=O) groups is 1. The Hall–Kier alpha value is -3.49. The summed E-state index contributed by atoms with van der Waals surface area (Å²) in [6, 6.07) is 10.2. The van der Waals surface area contributed by atoms with Crippen LogP contribution in [-0.4, -0.2) is 20.9 Å². The van der Waals surface area contributed by atoms with Crippen LogP contribution in [0.1, 0.15) is 50.1 Å². The summed E-state index contributed by atoms with van der Waals surface area (Å²) in [5, 5.41) is 2.86. The van der Waals surface area contributed by atoms with E-state index < -0.39 is 17.5 Å². The number of nitrogens with zero attached hydrogens (tertiary/aromatic N) is 3. The van der Waals surface area contributed by atoms with Gasteiger partial charge < -0.3 is 10.1 Å². The van der Waals surface area contributed by atoms with Crippen LogP contribution in [-0.2, 0) is 21.3 Å². The monoisotopic (exact) mass is 482 g/mol. The van der Waals surface area contributed by atoms with E-state index in [1.165, 1.54) is 0 Å². The lowest BCUT2D eigenvalue weighted by Gasteiger charge is -2.53. The van der Waals surface area contributed by atoms with Gasteiger partial charge in [-0.1, -0.05) is 26.0 Å². The fraction of sp³-hybridized carbons (Fsp3) is 0.385. The summed E-state index contributed by atoms with van der Waals surface area (Å²) < 4.78 is 44.8. The first-order valence-corrected chi connectivity index (χ1v) is 11.4. The first kappa shape index (κ1) is 23.3. The summed E-state index contributed by atoms with van der Waals surface area (Å²) in [4.78, 5) is 24.7. The number of esters is 1. The molecule has 35 heavy (non-hydrogen) atoms. The molecule has 1 N–H and O–H groups in total. The molecule has 2 atom stereocenters. The molecule has 2 aromatic heterocycles. The third kappa shape index (κ3) is 4.35. The molecule has 4 heterocycles. The highest BCUT2D eigenvalue weighted by Gasteiger charge is 2.57. The molecule has 0 amide bonds. The third-order valence-corrected chi connectivity index (χ3v) is 6.94. The van der Waals surface area contributed by atoms with Gasteiger partial charge in [-0.05, 0) is 67.0 Å². The summed E-state index contributed by atoms with van der Waals surface area (Å²) in [7, 11) is 0. The molecule has 1 aliphatic carbocycles. The molecule has 1 saturated carbocycles. The number of ether oxygens (including phenoxy) is 1. The number of aromatic nitrogens is 3. The molecule has 0 spiro atoms. The van der Waals surface area contributed by atoms with Gasteiger partial charge in [-0.2, -0.15) is 13.2 Å². The zero-order valence-corrected chi connectivity index (χ0v) is 19.6. The van der Waals surface area contributed by atoms with Gasteiger partial charge in [-0.15, -0.1) is 0 Å². The maximum atomic E-state index is 13.0. The second-order valence-corrected chi connectivity index (χ2v) is 10.1. The second kappa shape index (κ2) is 8.03. The minimum Gasteiger partial charge on any atom is -0.452 e. The number of hydrogen-bond acceptors (Lipinski definition) is 6. The van der Waals surface area contributed by atoms with E-state index in [1.807, 2.05) is 25.1 Å². The fourth-order valence-corrected chi connectivity index (χ4v) is 5.34. The maximum absolute atomic E-state index is 13.0. The van der Waals surface area contributed by atoms with Crippen LogP contribution in [0, 0.1) is 18.3 Å². The Morgan fingerprint density at radius 3 is 2.54 bits per heavy atom. The highest BCUT2D eigenvalue weighted by molar-refractivity contribution is 5.76. The predicted octanol–water partition coefficient (Wildman–Crippen LogP) is 6.19. The quantitative estimate of drug-likeness (QED) is 0.447. The molecule has 182 valence electrons. The minimum atomic E-state index is -4.55. The smallest absolute Gasteiger partial charge is 0.433 e. The molecule has 1 unspecified atom stereocenters. The lowest BCUT2D eigenvalue weighted by Crippen LogP contribution is -2.54. The highest BCUT2D eigenvalue weighted by atomic mass is 19.4. The number of benzene rings is 1. The van der Waals surface area contributed by atoms with Gasteiger partial charge >= 0.3 is 12.1 Å². The van der Waals surface area contributed by atoms with Gasteiger partial charge in [0.05, 0.1) is 11.6 Å². The number of pyridine rings is 1. The van der Waals surface area contributed by atoms with E-state index in [9.17, 15) is 18.0 Å². The van der Waals surface area contributed by atoms with E-state index >= 15 is 0 Å². The summed E-state index contributed by atoms with van der Waals surface area (Å²) in [5.41, 5.74) is 2.01. The van der Waals surface area contributed by atoms with Crippen LogP contribution in [0.4, 0.5) is 24.8 Å². The van der Waals surface area contributed by atoms with Gasteiger partial charge in [0.1, 0.15) is 5.69 Å². The van der Waals surface area contributed by atoms with Crippen LogP contribution >= 0.6 is 0 Å². The van der Waals surface area contributed by atoms with Crippen molar-refractivity contribution in [1.29, 1.82) is 0 Å². The SMILES string of the molecule is Cc1cc(Nc2nccc(C(F)(F)F)n2)cc(-c2ccc(C34CC[C@H](C(=O)O3)C(C)(C)C4)nc2)c1. The van der Waals surface area contributed by atoms with Crippen molar-refractivity contribution in [3.8, 4) is 11.1 Å². The minimum absolute atomic E-state index is 0.0670. The van der Waals surface area contributed by atoms with E-state index in [0.29, 0.717) is 5.69 Å². The number of rotatable bonds is 4. The number of anilines is 2. The Labute approximate surface area is 201 Å². The Balaban J connectivity index is 1.41. The lowest BCUT2D eigenvalue weighted by atomic mass is 9.60. The molecule has 2 bridgehead atoms. The van der Waals surface area contributed by atoms with E-state index in [0.717, 1.165) is 53.9 Å². The number of nitrogens with one attached hydrogen (secondary N) is 1. The van der Waals surface area contributed by atoms with Gasteiger partial charge in [-0.3, -0.25) is 9.78 Å². The zero-order chi connectivity index (χ0) is 25.0. The predicted molar refractivity (Wildman–Crippen MR) is 124 cm³/mol. The number of fused-ring (bicyclic) bond motifs is 3. The van der Waals surface area contributed by atoms with Crippen LogP contribution in [0.5, 0.6) is 0 Å². The number of carbonyl (C=O) groups excluding carboxylic acids is 1. The summed E-state index contributed by atoms with van der Waals surface area (Å²) in [5.74, 6) is -0.353. The Bertz CT molecular complexity index is 1290. The van der Waals surface area contributed by atoms with Crippen LogP contribution in [0.2, 0.25) is 0 Å². The van der Waals surface area contributed by atoms with Crippen molar-refractivity contribution in [2.24, 2.45) is 11.3 Å². The van der Waals surface area contributed by atoms with Gasteiger partial charge in [0, 0.05) is 23.6 Å². The molecule has 0 radical (unpaired) electrons. The standard InChI is InChI=1S/C26H25F3N4O2/c1-15-10-17(12-18(11-15)32-23-30-9-7-21(33-23)26(27,28)29)16-4-5-20(31-13-16)25-8-6-19(22(34)35-25)24(2,3)14-25/h4-5,7,9-13,19H,6,8,14H2,1-3H3,(H,30,32,33)/t19-,25?/m1/s1. The molecule has 6 rings (SSSR count). The summed E-state index contributed by atoms with van der Waals surface area (Å²) in [6.45, 7) is 6.11. The number of hydrogen-bond donors (Lipinski definition) is 1. The zero-order valence-electron chi connectivity index (χ0n) is 19.6. The second-order valence-electron chi connectivity index (χ2n) is 10.1. The van der Waals surface area contributed by atoms with Crippen molar-refractivity contribution >= 4 is 17.6 Å². The Morgan fingerprint density at radius 1 is 1.09 bits per heavy atom. The van der Waals surface area contributed by atoms with Gasteiger partial charge in [0.2, 0.25) is 5.95 Å². The van der Waals surface area contributed by atoms with Crippen molar-refractivity contribution in [3.63, 3.8) is 0 Å². The molecule has 2 aliphatic heterocycles. The van der Waals surface area contributed by atoms with E-state index in [2.05, 4.69) is 34.1 Å². The average molecular weight is 483 g/mol. The molecule has 2 saturated heterocycles. The molecule has 9 heteroatoms. The first-order chi connectivity index (χ1) is 16.5. The van der Waals surface area contributed by atoms with Gasteiger partial charge in [-0.25, -0.2) is 9.97 Å². The van der Waals surface area contributed by atoms with Gasteiger partial charge in [0.15, 0.2) is 5.60 Å². The van der Waals surface area contributed by atoms with Crippen molar-refractivity contribution in [1.82, 2.24) is 15.0 Å². The molecule has 6 nitrogen and oxygen atoms in total. The molecular formula is C26H25F3N4O2. The van der Waals surface area contributed by atoms with Crippen LogP contribution in [0.3, 0.4) is 0 Å². The van der Waals surface area contributed by atoms with Crippen molar-refractivity contribution in [3.05, 3.63) is 65.7 Å². The third-order valence-electron chi connectivity index (χ3n) is 6.94. The summed E-state index contributed by atoms with van der Waals surface area (Å²) >= 11 is 0. The van der Waals surface area contributed by atoms with E-state index in [-0.39, 0.29) is 23.3 Å². The molecular weight excluding hydrogens is 457 g/mol. The van der Waals surface area contributed by atoms with Crippen molar-refractivity contribution < 1.29 is 22.7 Å². The lowest BCUT2D eigenvalue weighted by molar-refractivity contribution is -0.210. The first-order valence-electron chi connectivity index (χ1n) is 11.4.